The molecule has 0 aliphatic carbocycles. The number of hydrogen-bond acceptors (Lipinski definition) is 4. The van der Waals surface area contributed by atoms with Crippen molar-refractivity contribution in [3.8, 4) is 0 Å². The molecule has 1 fully saturated rings. The van der Waals surface area contributed by atoms with Crippen LogP contribution in [0.3, 0.4) is 0 Å². The minimum absolute atomic E-state index is 0.0198. The van der Waals surface area contributed by atoms with Crippen LogP contribution >= 0.6 is 35.2 Å². The molecule has 2 heterocycles. The van der Waals surface area contributed by atoms with E-state index in [0.29, 0.717) is 10.7 Å². The lowest BCUT2D eigenvalue weighted by Crippen LogP contribution is -2.54. The number of anilines is 1. The molecule has 4 nitrogen and oxygen atoms in total. The number of carbonyl (C=O) groups excluding carboxylic acids is 2. The number of nitrogens with zero attached hydrogens (tertiary/aromatic N) is 1. The summed E-state index contributed by atoms with van der Waals surface area (Å²) >= 11 is 12.7. The van der Waals surface area contributed by atoms with Gasteiger partial charge in [-0.3, -0.25) is 19.8 Å². The Kier molecular flexibility index (Phi) is 4.06. The summed E-state index contributed by atoms with van der Waals surface area (Å²) in [6.07, 6.45) is 1.55. The van der Waals surface area contributed by atoms with Crippen molar-refractivity contribution < 1.29 is 9.59 Å². The van der Waals surface area contributed by atoms with Crippen LogP contribution in [0.5, 0.6) is 0 Å². The third-order valence-electron chi connectivity index (χ3n) is 3.02. The van der Waals surface area contributed by atoms with E-state index in [-0.39, 0.29) is 10.7 Å². The van der Waals surface area contributed by atoms with Crippen LogP contribution in [0.2, 0.25) is 5.02 Å². The summed E-state index contributed by atoms with van der Waals surface area (Å²) in [6.45, 7) is 0. The van der Waals surface area contributed by atoms with Crippen LogP contribution in [-0.2, 0) is 9.59 Å². The second-order valence-electron chi connectivity index (χ2n) is 4.42. The highest BCUT2D eigenvalue weighted by molar-refractivity contribution is 7.80. The highest BCUT2D eigenvalue weighted by Crippen LogP contribution is 2.29. The number of thiocarbonyl (C=S) groups is 1. The molecule has 1 aliphatic rings. The van der Waals surface area contributed by atoms with Gasteiger partial charge in [0, 0.05) is 4.88 Å². The molecule has 2 amide bonds. The molecule has 110 valence electrons. The second kappa shape index (κ2) is 6.00. The van der Waals surface area contributed by atoms with Crippen molar-refractivity contribution in [2.24, 2.45) is 0 Å². The lowest BCUT2D eigenvalue weighted by atomic mass is 10.1. The van der Waals surface area contributed by atoms with Crippen LogP contribution in [0.25, 0.3) is 6.08 Å². The highest BCUT2D eigenvalue weighted by Gasteiger charge is 2.35. The number of hydrogen-bond donors (Lipinski definition) is 1. The molecular weight excluding hydrogens is 340 g/mol. The number of benzene rings is 1. The summed E-state index contributed by atoms with van der Waals surface area (Å²) in [7, 11) is 0. The summed E-state index contributed by atoms with van der Waals surface area (Å²) in [4.78, 5) is 26.8. The standard InChI is InChI=1S/C15H9ClN2O2S2/c16-11-5-1-2-6-12(11)18-14(20)10(13(19)17-15(18)21)8-9-4-3-7-22-9/h1-8H,(H,17,19,21). The Morgan fingerprint density at radius 1 is 1.18 bits per heavy atom. The summed E-state index contributed by atoms with van der Waals surface area (Å²) in [5.74, 6) is -0.998. The first-order chi connectivity index (χ1) is 10.6. The van der Waals surface area contributed by atoms with Crippen molar-refractivity contribution in [2.45, 2.75) is 0 Å². The van der Waals surface area contributed by atoms with Crippen LogP contribution in [-0.4, -0.2) is 16.9 Å². The molecule has 2 aromatic rings. The van der Waals surface area contributed by atoms with Gasteiger partial charge in [0.25, 0.3) is 11.8 Å². The van der Waals surface area contributed by atoms with E-state index >= 15 is 0 Å². The molecule has 1 aromatic carbocycles. The Morgan fingerprint density at radius 2 is 1.95 bits per heavy atom. The van der Waals surface area contributed by atoms with Crippen LogP contribution < -0.4 is 10.2 Å². The van der Waals surface area contributed by atoms with Gasteiger partial charge in [-0.2, -0.15) is 0 Å². The number of amides is 2. The molecule has 0 spiro atoms. The number of rotatable bonds is 2. The molecule has 1 saturated heterocycles. The smallest absolute Gasteiger partial charge is 0.270 e. The number of halogens is 1. The van der Waals surface area contributed by atoms with E-state index in [4.69, 9.17) is 23.8 Å². The van der Waals surface area contributed by atoms with Crippen molar-refractivity contribution in [2.75, 3.05) is 4.90 Å². The Hall–Kier alpha value is -2.02. The van der Waals surface area contributed by atoms with Crippen molar-refractivity contribution in [3.63, 3.8) is 0 Å². The van der Waals surface area contributed by atoms with Crippen LogP contribution in [0.1, 0.15) is 4.88 Å². The third kappa shape index (κ3) is 2.68. The van der Waals surface area contributed by atoms with E-state index in [9.17, 15) is 9.59 Å². The summed E-state index contributed by atoms with van der Waals surface area (Å²) in [5, 5.41) is 4.79. The van der Waals surface area contributed by atoms with E-state index in [1.165, 1.54) is 16.2 Å². The molecule has 0 atom stereocenters. The average molecular weight is 349 g/mol. The maximum atomic E-state index is 12.7. The zero-order valence-corrected chi connectivity index (χ0v) is 13.5. The number of para-hydroxylation sites is 1. The normalized spacial score (nSPS) is 17.0. The first-order valence-electron chi connectivity index (χ1n) is 6.27. The first-order valence-corrected chi connectivity index (χ1v) is 7.94. The predicted molar refractivity (Wildman–Crippen MR) is 92.0 cm³/mol. The summed E-state index contributed by atoms with van der Waals surface area (Å²) in [6, 6.07) is 10.5. The van der Waals surface area contributed by atoms with Crippen molar-refractivity contribution in [1.29, 1.82) is 0 Å². The van der Waals surface area contributed by atoms with Gasteiger partial charge in [-0.05, 0) is 41.9 Å². The van der Waals surface area contributed by atoms with Gasteiger partial charge in [0.2, 0.25) is 0 Å². The lowest BCUT2D eigenvalue weighted by Gasteiger charge is -2.29. The molecule has 1 aromatic heterocycles. The molecule has 22 heavy (non-hydrogen) atoms. The lowest BCUT2D eigenvalue weighted by molar-refractivity contribution is -0.122. The van der Waals surface area contributed by atoms with E-state index in [1.54, 1.807) is 30.3 Å². The topological polar surface area (TPSA) is 49.4 Å². The van der Waals surface area contributed by atoms with Crippen molar-refractivity contribution in [3.05, 3.63) is 57.3 Å². The Morgan fingerprint density at radius 3 is 2.64 bits per heavy atom. The van der Waals surface area contributed by atoms with Gasteiger partial charge in [0.05, 0.1) is 10.7 Å². The quantitative estimate of drug-likeness (QED) is 0.515. The fourth-order valence-electron chi connectivity index (χ4n) is 2.02. The molecule has 0 bridgehead atoms. The zero-order chi connectivity index (χ0) is 15.7. The van der Waals surface area contributed by atoms with Crippen LogP contribution in [0.4, 0.5) is 5.69 Å². The molecule has 0 radical (unpaired) electrons. The monoisotopic (exact) mass is 348 g/mol. The van der Waals surface area contributed by atoms with Gasteiger partial charge < -0.3 is 0 Å². The predicted octanol–water partition coefficient (Wildman–Crippen LogP) is 3.23. The molecular formula is C15H9ClN2O2S2. The van der Waals surface area contributed by atoms with Gasteiger partial charge in [-0.25, -0.2) is 0 Å². The molecule has 1 N–H and O–H groups in total. The fourth-order valence-corrected chi connectivity index (χ4v) is 3.18. The van der Waals surface area contributed by atoms with Gasteiger partial charge in [-0.1, -0.05) is 29.8 Å². The second-order valence-corrected chi connectivity index (χ2v) is 6.20. The Bertz CT molecular complexity index is 800. The van der Waals surface area contributed by atoms with E-state index in [0.717, 1.165) is 4.88 Å². The third-order valence-corrected chi connectivity index (χ3v) is 4.45. The molecule has 1 aliphatic heterocycles. The largest absolute Gasteiger partial charge is 0.298 e. The van der Waals surface area contributed by atoms with Crippen molar-refractivity contribution >= 4 is 63.8 Å². The molecule has 7 heteroatoms. The van der Waals surface area contributed by atoms with Gasteiger partial charge in [0.15, 0.2) is 5.11 Å². The minimum atomic E-state index is -0.508. The minimum Gasteiger partial charge on any atom is -0.298 e. The number of nitrogens with one attached hydrogen (secondary N) is 1. The molecule has 0 unspecified atom stereocenters. The van der Waals surface area contributed by atoms with Gasteiger partial charge in [-0.15, -0.1) is 11.3 Å². The maximum Gasteiger partial charge on any atom is 0.270 e. The zero-order valence-electron chi connectivity index (χ0n) is 11.1. The summed E-state index contributed by atoms with van der Waals surface area (Å²) < 4.78 is 0. The molecule has 0 saturated carbocycles. The van der Waals surface area contributed by atoms with E-state index < -0.39 is 11.8 Å². The first kappa shape index (κ1) is 14.9. The van der Waals surface area contributed by atoms with Gasteiger partial charge in [0.1, 0.15) is 5.57 Å². The van der Waals surface area contributed by atoms with Crippen LogP contribution in [0.15, 0.2) is 47.4 Å². The number of carbonyl (C=O) groups is 2. The number of thiophene rings is 1. The SMILES string of the molecule is O=C1NC(=S)N(c2ccccc2Cl)C(=O)C1=Cc1cccs1. The maximum absolute atomic E-state index is 12.7. The van der Waals surface area contributed by atoms with Gasteiger partial charge >= 0.3 is 0 Å². The van der Waals surface area contributed by atoms with Crippen LogP contribution in [0, 0.1) is 0 Å². The Balaban J connectivity index is 2.05. The fraction of sp³-hybridized carbons (Fsp3) is 0. The molecule has 3 rings (SSSR count). The summed E-state index contributed by atoms with van der Waals surface area (Å²) in [5.41, 5.74) is 0.465. The van der Waals surface area contributed by atoms with E-state index in [2.05, 4.69) is 5.32 Å². The Labute approximate surface area is 141 Å². The highest BCUT2D eigenvalue weighted by atomic mass is 35.5. The van der Waals surface area contributed by atoms with E-state index in [1.807, 2.05) is 17.5 Å². The van der Waals surface area contributed by atoms with Crippen molar-refractivity contribution in [1.82, 2.24) is 5.32 Å². The average Bonchev–Trinajstić information content (AvgIpc) is 2.98.